The van der Waals surface area contributed by atoms with E-state index in [1.165, 1.54) is 0 Å². The number of hydrogen-bond donors (Lipinski definition) is 3. The highest BCUT2D eigenvalue weighted by molar-refractivity contribution is 5.52. The van der Waals surface area contributed by atoms with Crippen LogP contribution in [0.5, 0.6) is 6.01 Å². The molecule has 4 rings (SSSR count). The Hall–Kier alpha value is -2.91. The van der Waals surface area contributed by atoms with Gasteiger partial charge < -0.3 is 15.0 Å². The monoisotopic (exact) mass is 397 g/mol. The summed E-state index contributed by atoms with van der Waals surface area (Å²) in [5.41, 5.74) is 5.61. The van der Waals surface area contributed by atoms with E-state index in [1.807, 2.05) is 24.4 Å². The maximum absolute atomic E-state index is 9.10. The van der Waals surface area contributed by atoms with E-state index in [4.69, 9.17) is 9.94 Å². The molecule has 1 saturated heterocycles. The molecule has 154 valence electrons. The molecule has 0 radical (unpaired) electrons. The molecule has 9 heteroatoms. The predicted octanol–water partition coefficient (Wildman–Crippen LogP) is 2.57. The Morgan fingerprint density at radius 3 is 2.83 bits per heavy atom. The van der Waals surface area contributed by atoms with Crippen molar-refractivity contribution in [2.24, 2.45) is 0 Å². The van der Waals surface area contributed by atoms with Gasteiger partial charge in [0.05, 0.1) is 11.9 Å². The summed E-state index contributed by atoms with van der Waals surface area (Å²) in [5.74, 6) is 0.583. The molecule has 2 aromatic heterocycles. The van der Waals surface area contributed by atoms with E-state index in [0.717, 1.165) is 49.1 Å². The quantitative estimate of drug-likeness (QED) is 0.523. The number of anilines is 2. The first-order valence-electron chi connectivity index (χ1n) is 9.99. The zero-order chi connectivity index (χ0) is 20.2. The SMILES string of the molecule is CCc1cnn2c(NCc3cccc(NO)c3)nc(OC3CCN(C)CC3)nc12. The highest BCUT2D eigenvalue weighted by atomic mass is 16.5. The number of fused-ring (bicyclic) bond motifs is 1. The van der Waals surface area contributed by atoms with Gasteiger partial charge in [0.25, 0.3) is 0 Å². The molecular formula is C20H27N7O2. The van der Waals surface area contributed by atoms with E-state index >= 15 is 0 Å². The molecule has 0 unspecified atom stereocenters. The van der Waals surface area contributed by atoms with Crippen molar-refractivity contribution in [3.63, 3.8) is 0 Å². The van der Waals surface area contributed by atoms with E-state index in [1.54, 1.807) is 10.6 Å². The number of rotatable bonds is 7. The number of aromatic nitrogens is 4. The fourth-order valence-electron chi connectivity index (χ4n) is 3.50. The summed E-state index contributed by atoms with van der Waals surface area (Å²) in [6.45, 7) is 4.63. The molecule has 1 fully saturated rings. The zero-order valence-corrected chi connectivity index (χ0v) is 16.8. The van der Waals surface area contributed by atoms with E-state index in [2.05, 4.69) is 44.7 Å². The molecule has 0 bridgehead atoms. The van der Waals surface area contributed by atoms with Gasteiger partial charge in [0.2, 0.25) is 5.95 Å². The first-order chi connectivity index (χ1) is 14.2. The summed E-state index contributed by atoms with van der Waals surface area (Å²) in [6.07, 6.45) is 4.72. The molecule has 1 aliphatic heterocycles. The number of benzene rings is 1. The lowest BCUT2D eigenvalue weighted by atomic mass is 10.1. The van der Waals surface area contributed by atoms with Crippen LogP contribution in [0.25, 0.3) is 5.65 Å². The fraction of sp³-hybridized carbons (Fsp3) is 0.450. The lowest BCUT2D eigenvalue weighted by Gasteiger charge is -2.28. The summed E-state index contributed by atoms with van der Waals surface area (Å²) in [6, 6.07) is 7.89. The van der Waals surface area contributed by atoms with E-state index in [-0.39, 0.29) is 6.10 Å². The summed E-state index contributed by atoms with van der Waals surface area (Å²) in [4.78, 5) is 11.5. The number of ether oxygens (including phenoxy) is 1. The molecule has 1 aromatic carbocycles. The lowest BCUT2D eigenvalue weighted by Crippen LogP contribution is -2.36. The van der Waals surface area contributed by atoms with Gasteiger partial charge in [-0.3, -0.25) is 10.7 Å². The Kier molecular flexibility index (Phi) is 5.77. The van der Waals surface area contributed by atoms with Crippen LogP contribution in [-0.4, -0.2) is 55.9 Å². The third-order valence-electron chi connectivity index (χ3n) is 5.25. The van der Waals surface area contributed by atoms with Gasteiger partial charge in [-0.15, -0.1) is 0 Å². The summed E-state index contributed by atoms with van der Waals surface area (Å²) in [7, 11) is 2.13. The largest absolute Gasteiger partial charge is 0.460 e. The molecule has 0 amide bonds. The summed E-state index contributed by atoms with van der Waals surface area (Å²) in [5, 5.41) is 16.9. The van der Waals surface area contributed by atoms with Gasteiger partial charge in [-0.2, -0.15) is 19.6 Å². The Morgan fingerprint density at radius 2 is 2.07 bits per heavy atom. The lowest BCUT2D eigenvalue weighted by molar-refractivity contribution is 0.105. The van der Waals surface area contributed by atoms with Crippen LogP contribution in [0.3, 0.4) is 0 Å². The molecule has 3 N–H and O–H groups in total. The fourth-order valence-corrected chi connectivity index (χ4v) is 3.50. The maximum Gasteiger partial charge on any atom is 0.322 e. The highest BCUT2D eigenvalue weighted by Crippen LogP contribution is 2.21. The molecule has 0 atom stereocenters. The highest BCUT2D eigenvalue weighted by Gasteiger charge is 2.21. The van der Waals surface area contributed by atoms with Crippen molar-refractivity contribution in [3.8, 4) is 6.01 Å². The van der Waals surface area contributed by atoms with E-state index in [9.17, 15) is 0 Å². The molecule has 0 saturated carbocycles. The van der Waals surface area contributed by atoms with Gasteiger partial charge in [0, 0.05) is 25.2 Å². The Balaban J connectivity index is 1.58. The average Bonchev–Trinajstić information content (AvgIpc) is 3.17. The second kappa shape index (κ2) is 8.62. The second-order valence-electron chi connectivity index (χ2n) is 7.37. The van der Waals surface area contributed by atoms with Crippen molar-refractivity contribution in [2.45, 2.75) is 38.8 Å². The van der Waals surface area contributed by atoms with Gasteiger partial charge in [0.15, 0.2) is 5.65 Å². The number of nitrogens with zero attached hydrogens (tertiary/aromatic N) is 5. The molecule has 3 aromatic rings. The van der Waals surface area contributed by atoms with Gasteiger partial charge >= 0.3 is 6.01 Å². The zero-order valence-electron chi connectivity index (χ0n) is 16.8. The molecule has 1 aliphatic rings. The Labute approximate surface area is 169 Å². The van der Waals surface area contributed by atoms with Crippen molar-refractivity contribution < 1.29 is 9.94 Å². The van der Waals surface area contributed by atoms with Crippen molar-refractivity contribution in [3.05, 3.63) is 41.6 Å². The van der Waals surface area contributed by atoms with Crippen LogP contribution in [0.2, 0.25) is 0 Å². The van der Waals surface area contributed by atoms with Crippen molar-refractivity contribution in [2.75, 3.05) is 30.9 Å². The van der Waals surface area contributed by atoms with Gasteiger partial charge in [0.1, 0.15) is 6.10 Å². The number of aryl methyl sites for hydroxylation is 1. The van der Waals surface area contributed by atoms with Gasteiger partial charge in [-0.25, -0.2) is 0 Å². The minimum atomic E-state index is 0.127. The first-order valence-corrected chi connectivity index (χ1v) is 9.99. The van der Waals surface area contributed by atoms with Crippen molar-refractivity contribution in [1.29, 1.82) is 0 Å². The number of hydrogen-bond acceptors (Lipinski definition) is 8. The third-order valence-corrected chi connectivity index (χ3v) is 5.25. The van der Waals surface area contributed by atoms with E-state index in [0.29, 0.717) is 24.2 Å². The average molecular weight is 397 g/mol. The number of likely N-dealkylation sites (tertiary alicyclic amines) is 1. The minimum Gasteiger partial charge on any atom is -0.460 e. The molecule has 0 aliphatic carbocycles. The Bertz CT molecular complexity index is 967. The van der Waals surface area contributed by atoms with Gasteiger partial charge in [-0.1, -0.05) is 19.1 Å². The molecule has 9 nitrogen and oxygen atoms in total. The topological polar surface area (TPSA) is 99.8 Å². The Morgan fingerprint density at radius 1 is 1.24 bits per heavy atom. The maximum atomic E-state index is 9.10. The number of piperidine rings is 1. The predicted molar refractivity (Wildman–Crippen MR) is 110 cm³/mol. The first kappa shape index (κ1) is 19.4. The second-order valence-corrected chi connectivity index (χ2v) is 7.37. The van der Waals surface area contributed by atoms with Crippen molar-refractivity contribution in [1.82, 2.24) is 24.5 Å². The molecule has 29 heavy (non-hydrogen) atoms. The molecule has 0 spiro atoms. The standard InChI is InChI=1S/C20H27N7O2/c1-3-15-13-22-27-18(15)23-20(29-17-7-9-26(2)10-8-17)24-19(27)21-12-14-5-4-6-16(11-14)25-28/h4-6,11,13,17,25,28H,3,7-10,12H2,1-2H3,(H,21,23,24). The third kappa shape index (κ3) is 4.41. The van der Waals surface area contributed by atoms with Crippen LogP contribution in [0.1, 0.15) is 30.9 Å². The van der Waals surface area contributed by atoms with Crippen LogP contribution in [0, 0.1) is 0 Å². The summed E-state index contributed by atoms with van der Waals surface area (Å²) < 4.78 is 7.85. The van der Waals surface area contributed by atoms with Crippen LogP contribution in [-0.2, 0) is 13.0 Å². The smallest absolute Gasteiger partial charge is 0.322 e. The van der Waals surface area contributed by atoms with E-state index < -0.39 is 0 Å². The minimum absolute atomic E-state index is 0.127. The molecular weight excluding hydrogens is 370 g/mol. The summed E-state index contributed by atoms with van der Waals surface area (Å²) >= 11 is 0. The van der Waals surface area contributed by atoms with Crippen LogP contribution in [0.15, 0.2) is 30.5 Å². The van der Waals surface area contributed by atoms with Crippen molar-refractivity contribution >= 4 is 17.3 Å². The van der Waals surface area contributed by atoms with Crippen LogP contribution >= 0.6 is 0 Å². The normalized spacial score (nSPS) is 15.6. The number of nitrogens with one attached hydrogen (secondary N) is 2. The van der Waals surface area contributed by atoms with Crippen LogP contribution in [0.4, 0.5) is 11.6 Å². The molecule has 3 heterocycles. The van der Waals surface area contributed by atoms with Gasteiger partial charge in [-0.05, 0) is 44.0 Å². The van der Waals surface area contributed by atoms with Crippen LogP contribution < -0.4 is 15.5 Å².